The van der Waals surface area contributed by atoms with Crippen molar-refractivity contribution in [3.63, 3.8) is 0 Å². The summed E-state index contributed by atoms with van der Waals surface area (Å²) in [5.74, 6) is -1.66. The van der Waals surface area contributed by atoms with Crippen molar-refractivity contribution in [1.29, 1.82) is 0 Å². The van der Waals surface area contributed by atoms with E-state index in [0.29, 0.717) is 17.1 Å². The molecule has 124 valence electrons. The van der Waals surface area contributed by atoms with Crippen molar-refractivity contribution in [2.45, 2.75) is 0 Å². The van der Waals surface area contributed by atoms with Crippen molar-refractivity contribution in [3.8, 4) is 17.1 Å². The summed E-state index contributed by atoms with van der Waals surface area (Å²) in [7, 11) is 0. The summed E-state index contributed by atoms with van der Waals surface area (Å²) in [5.41, 5.74) is 1.86. The fraction of sp³-hybridized carbons (Fsp3) is 0. The van der Waals surface area contributed by atoms with E-state index < -0.39 is 11.8 Å². The van der Waals surface area contributed by atoms with Gasteiger partial charge in [0.2, 0.25) is 0 Å². The second kappa shape index (κ2) is 5.78. The Bertz CT molecular complexity index is 1100. The maximum absolute atomic E-state index is 13.2. The molecule has 0 aliphatic rings. The first-order valence-corrected chi connectivity index (χ1v) is 7.91. The predicted octanol–water partition coefficient (Wildman–Crippen LogP) is 3.18. The minimum atomic E-state index is -1.24. The van der Waals surface area contributed by atoms with E-state index in [0.717, 1.165) is 10.3 Å². The molecule has 0 unspecified atom stereocenters. The Labute approximate surface area is 148 Å². The van der Waals surface area contributed by atoms with E-state index in [1.807, 2.05) is 0 Å². The van der Waals surface area contributed by atoms with Crippen LogP contribution in [0.25, 0.3) is 22.7 Å². The highest BCUT2D eigenvalue weighted by atomic mass is 79.9. The number of fused-ring (bicyclic) bond motifs is 1. The van der Waals surface area contributed by atoms with Gasteiger partial charge in [-0.3, -0.25) is 4.40 Å². The fourth-order valence-electron chi connectivity index (χ4n) is 2.43. The maximum Gasteiger partial charge on any atom is 0.375 e. The van der Waals surface area contributed by atoms with E-state index in [9.17, 15) is 14.3 Å². The number of pyridine rings is 1. The minimum absolute atomic E-state index is 0.325. The molecule has 9 heteroatoms. The lowest BCUT2D eigenvalue weighted by molar-refractivity contribution is 0.0683. The van der Waals surface area contributed by atoms with Crippen LogP contribution in [-0.2, 0) is 0 Å². The molecule has 3 aromatic heterocycles. The summed E-state index contributed by atoms with van der Waals surface area (Å²) in [5, 5.41) is 13.2. The number of aromatic carboxylic acids is 1. The second-order valence-corrected chi connectivity index (χ2v) is 5.99. The Morgan fingerprint density at radius 1 is 1.16 bits per heavy atom. The molecule has 25 heavy (non-hydrogen) atoms. The first kappa shape index (κ1) is 15.5. The standard InChI is InChI=1S/C16H9BrFN5O2/c17-12-7-19-13-6-1-9(8-22(12)13)15-20-14(16(24)25)21-23(15)11-4-2-10(18)3-5-11/h1-8H,(H,24,25). The Morgan fingerprint density at radius 2 is 1.92 bits per heavy atom. The van der Waals surface area contributed by atoms with Gasteiger partial charge in [0.15, 0.2) is 5.82 Å². The number of carboxylic acids is 1. The molecule has 3 heterocycles. The Kier molecular flexibility index (Phi) is 3.57. The number of hydrogen-bond donors (Lipinski definition) is 1. The van der Waals surface area contributed by atoms with E-state index in [4.69, 9.17) is 0 Å². The van der Waals surface area contributed by atoms with Crippen LogP contribution in [0.5, 0.6) is 0 Å². The van der Waals surface area contributed by atoms with Crippen LogP contribution in [0.2, 0.25) is 0 Å². The molecular weight excluding hydrogens is 393 g/mol. The number of aromatic nitrogens is 5. The lowest BCUT2D eigenvalue weighted by Crippen LogP contribution is -2.02. The molecule has 0 bridgehead atoms. The molecular formula is C16H9BrFN5O2. The van der Waals surface area contributed by atoms with Gasteiger partial charge in [-0.2, -0.15) is 0 Å². The monoisotopic (exact) mass is 401 g/mol. The molecule has 7 nitrogen and oxygen atoms in total. The lowest BCUT2D eigenvalue weighted by Gasteiger charge is -2.06. The summed E-state index contributed by atoms with van der Waals surface area (Å²) in [6.07, 6.45) is 3.43. The molecule has 0 fully saturated rings. The van der Waals surface area contributed by atoms with Crippen molar-refractivity contribution in [1.82, 2.24) is 24.1 Å². The Hall–Kier alpha value is -3.07. The molecule has 1 N–H and O–H groups in total. The zero-order valence-electron chi connectivity index (χ0n) is 12.5. The summed E-state index contributed by atoms with van der Waals surface area (Å²) in [4.78, 5) is 19.6. The zero-order chi connectivity index (χ0) is 17.6. The van der Waals surface area contributed by atoms with Gasteiger partial charge in [-0.25, -0.2) is 23.8 Å². The van der Waals surface area contributed by atoms with Gasteiger partial charge < -0.3 is 5.11 Å². The molecule has 4 rings (SSSR count). The van der Waals surface area contributed by atoms with Crippen LogP contribution in [0.3, 0.4) is 0 Å². The highest BCUT2D eigenvalue weighted by Gasteiger charge is 2.18. The first-order valence-electron chi connectivity index (χ1n) is 7.12. The van der Waals surface area contributed by atoms with Crippen LogP contribution < -0.4 is 0 Å². The molecule has 4 aromatic rings. The molecule has 0 saturated carbocycles. The van der Waals surface area contributed by atoms with Gasteiger partial charge in [-0.05, 0) is 52.3 Å². The normalized spacial score (nSPS) is 11.1. The average molecular weight is 402 g/mol. The van der Waals surface area contributed by atoms with Crippen molar-refractivity contribution >= 4 is 27.5 Å². The number of imidazole rings is 1. The van der Waals surface area contributed by atoms with Gasteiger partial charge in [0, 0.05) is 11.8 Å². The van der Waals surface area contributed by atoms with E-state index in [2.05, 4.69) is 31.0 Å². The van der Waals surface area contributed by atoms with Gasteiger partial charge in [0.1, 0.15) is 16.1 Å². The molecule has 0 aliphatic heterocycles. The quantitative estimate of drug-likeness (QED) is 0.569. The number of benzene rings is 1. The lowest BCUT2D eigenvalue weighted by atomic mass is 10.2. The van der Waals surface area contributed by atoms with Crippen LogP contribution in [0.4, 0.5) is 4.39 Å². The molecule has 0 aliphatic carbocycles. The third-order valence-corrected chi connectivity index (χ3v) is 4.18. The van der Waals surface area contributed by atoms with Gasteiger partial charge >= 0.3 is 5.97 Å². The van der Waals surface area contributed by atoms with Crippen LogP contribution in [-0.4, -0.2) is 35.2 Å². The summed E-state index contributed by atoms with van der Waals surface area (Å²) < 4.78 is 17.1. The van der Waals surface area contributed by atoms with E-state index in [1.54, 1.807) is 28.9 Å². The highest BCUT2D eigenvalue weighted by Crippen LogP contribution is 2.24. The third kappa shape index (κ3) is 2.68. The van der Waals surface area contributed by atoms with Crippen LogP contribution >= 0.6 is 15.9 Å². The number of hydrogen-bond acceptors (Lipinski definition) is 4. The van der Waals surface area contributed by atoms with E-state index in [1.165, 1.54) is 28.9 Å². The van der Waals surface area contributed by atoms with Crippen LogP contribution in [0.15, 0.2) is 53.4 Å². The average Bonchev–Trinajstić information content (AvgIpc) is 3.20. The molecule has 0 spiro atoms. The number of rotatable bonds is 3. The van der Waals surface area contributed by atoms with Gasteiger partial charge in [0.05, 0.1) is 11.9 Å². The van der Waals surface area contributed by atoms with E-state index in [-0.39, 0.29) is 5.82 Å². The third-order valence-electron chi connectivity index (χ3n) is 3.59. The summed E-state index contributed by atoms with van der Waals surface area (Å²) in [6.45, 7) is 0. The Balaban J connectivity index is 1.93. The van der Waals surface area contributed by atoms with Gasteiger partial charge in [0.25, 0.3) is 5.82 Å². The van der Waals surface area contributed by atoms with Crippen molar-refractivity contribution in [2.24, 2.45) is 0 Å². The fourth-order valence-corrected chi connectivity index (χ4v) is 2.82. The highest BCUT2D eigenvalue weighted by molar-refractivity contribution is 9.10. The molecule has 0 amide bonds. The smallest absolute Gasteiger partial charge is 0.375 e. The van der Waals surface area contributed by atoms with Crippen molar-refractivity contribution in [3.05, 3.63) is 65.0 Å². The summed E-state index contributed by atoms with van der Waals surface area (Å²) >= 11 is 3.40. The molecule has 1 aromatic carbocycles. The number of carboxylic acid groups (broad SMARTS) is 1. The second-order valence-electron chi connectivity index (χ2n) is 5.18. The van der Waals surface area contributed by atoms with Crippen LogP contribution in [0, 0.1) is 5.82 Å². The largest absolute Gasteiger partial charge is 0.475 e. The number of carbonyl (C=O) groups is 1. The molecule has 0 radical (unpaired) electrons. The SMILES string of the molecule is O=C(O)c1nc(-c2ccc3ncc(Br)n3c2)n(-c2ccc(F)cc2)n1. The predicted molar refractivity (Wildman–Crippen MR) is 90.2 cm³/mol. The van der Waals surface area contributed by atoms with Gasteiger partial charge in [-0.15, -0.1) is 5.10 Å². The van der Waals surface area contributed by atoms with Gasteiger partial charge in [-0.1, -0.05) is 0 Å². The van der Waals surface area contributed by atoms with Crippen molar-refractivity contribution < 1.29 is 14.3 Å². The summed E-state index contributed by atoms with van der Waals surface area (Å²) in [6, 6.07) is 9.11. The first-order chi connectivity index (χ1) is 12.0. The molecule has 0 atom stereocenters. The van der Waals surface area contributed by atoms with Crippen LogP contribution in [0.1, 0.15) is 10.6 Å². The van der Waals surface area contributed by atoms with Crippen molar-refractivity contribution in [2.75, 3.05) is 0 Å². The number of halogens is 2. The zero-order valence-corrected chi connectivity index (χ0v) is 14.1. The number of nitrogens with zero attached hydrogens (tertiary/aromatic N) is 5. The molecule has 0 saturated heterocycles. The Morgan fingerprint density at radius 3 is 2.64 bits per heavy atom. The topological polar surface area (TPSA) is 85.3 Å². The maximum atomic E-state index is 13.2. The minimum Gasteiger partial charge on any atom is -0.475 e. The van der Waals surface area contributed by atoms with E-state index >= 15 is 0 Å².